The first-order valence-corrected chi connectivity index (χ1v) is 7.49. The highest BCUT2D eigenvalue weighted by atomic mass is 79.9. The first-order chi connectivity index (χ1) is 9.67. The van der Waals surface area contributed by atoms with Crippen LogP contribution in [0.1, 0.15) is 23.9 Å². The molecular weight excluding hydrogens is 318 g/mol. The van der Waals surface area contributed by atoms with Crippen molar-refractivity contribution in [3.63, 3.8) is 0 Å². The van der Waals surface area contributed by atoms with E-state index in [0.29, 0.717) is 0 Å². The Balaban J connectivity index is 2.01. The fraction of sp³-hybridized carbons (Fsp3) is 0.400. The van der Waals surface area contributed by atoms with Gasteiger partial charge in [-0.2, -0.15) is 5.10 Å². The van der Waals surface area contributed by atoms with Crippen LogP contribution >= 0.6 is 15.9 Å². The number of aryl methyl sites for hydroxylation is 2. The molecule has 2 rings (SSSR count). The van der Waals surface area contributed by atoms with Crippen molar-refractivity contribution in [1.29, 1.82) is 0 Å². The summed E-state index contributed by atoms with van der Waals surface area (Å²) in [5, 5.41) is 7.93. The predicted molar refractivity (Wildman–Crippen MR) is 83.8 cm³/mol. The normalized spacial score (nSPS) is 10.8. The van der Waals surface area contributed by atoms with Gasteiger partial charge >= 0.3 is 0 Å². The van der Waals surface area contributed by atoms with Gasteiger partial charge in [-0.05, 0) is 28.4 Å². The maximum absolute atomic E-state index is 5.35. The summed E-state index contributed by atoms with van der Waals surface area (Å²) in [7, 11) is 3.67. The van der Waals surface area contributed by atoms with Gasteiger partial charge in [0.05, 0.1) is 23.0 Å². The third kappa shape index (κ3) is 3.22. The van der Waals surface area contributed by atoms with E-state index < -0.39 is 0 Å². The summed E-state index contributed by atoms with van der Waals surface area (Å²) in [6.07, 6.45) is 0.931. The molecule has 1 aromatic carbocycles. The van der Waals surface area contributed by atoms with E-state index >= 15 is 0 Å². The van der Waals surface area contributed by atoms with E-state index in [4.69, 9.17) is 4.74 Å². The summed E-state index contributed by atoms with van der Waals surface area (Å²) in [4.78, 5) is 0. The van der Waals surface area contributed by atoms with Crippen molar-refractivity contribution in [2.75, 3.05) is 7.11 Å². The number of para-hydroxylation sites is 1. The number of methoxy groups -OCH3 is 1. The number of benzene rings is 1. The summed E-state index contributed by atoms with van der Waals surface area (Å²) < 4.78 is 8.39. The fourth-order valence-corrected chi connectivity index (χ4v) is 2.93. The van der Waals surface area contributed by atoms with Gasteiger partial charge in [0.15, 0.2) is 0 Å². The molecular formula is C15H20BrN3O. The molecule has 1 N–H and O–H groups in total. The smallest absolute Gasteiger partial charge is 0.123 e. The minimum atomic E-state index is 0.766. The lowest BCUT2D eigenvalue weighted by atomic mass is 10.2. The van der Waals surface area contributed by atoms with Crippen LogP contribution in [-0.4, -0.2) is 16.9 Å². The van der Waals surface area contributed by atoms with Crippen molar-refractivity contribution in [3.8, 4) is 5.75 Å². The molecule has 2 aromatic rings. The van der Waals surface area contributed by atoms with Crippen LogP contribution in [0.25, 0.3) is 0 Å². The quantitative estimate of drug-likeness (QED) is 0.880. The van der Waals surface area contributed by atoms with Crippen LogP contribution in [0, 0.1) is 0 Å². The summed E-state index contributed by atoms with van der Waals surface area (Å²) in [6.45, 7) is 3.64. The number of ether oxygens (including phenoxy) is 1. The van der Waals surface area contributed by atoms with Gasteiger partial charge in [-0.1, -0.05) is 25.1 Å². The standard InChI is InChI=1S/C15H20BrN3O/c1-4-12-15(16)13(19(2)18-12)10-17-9-11-7-5-6-8-14(11)20-3/h5-8,17H,4,9-10H2,1-3H3. The number of rotatable bonds is 6. The van der Waals surface area contributed by atoms with Crippen LogP contribution in [-0.2, 0) is 26.6 Å². The second-order valence-electron chi connectivity index (χ2n) is 4.60. The van der Waals surface area contributed by atoms with Gasteiger partial charge in [-0.25, -0.2) is 0 Å². The lowest BCUT2D eigenvalue weighted by molar-refractivity contribution is 0.407. The van der Waals surface area contributed by atoms with Gasteiger partial charge in [-0.3, -0.25) is 4.68 Å². The molecule has 0 aliphatic carbocycles. The Kier molecular flexibility index (Phi) is 5.20. The highest BCUT2D eigenvalue weighted by Crippen LogP contribution is 2.22. The Labute approximate surface area is 128 Å². The molecule has 1 aromatic heterocycles. The van der Waals surface area contributed by atoms with Crippen LogP contribution in [0.3, 0.4) is 0 Å². The summed E-state index contributed by atoms with van der Waals surface area (Å²) >= 11 is 3.63. The van der Waals surface area contributed by atoms with Gasteiger partial charge in [0.25, 0.3) is 0 Å². The second-order valence-corrected chi connectivity index (χ2v) is 5.39. The summed E-state index contributed by atoms with van der Waals surface area (Å²) in [5.74, 6) is 0.915. The largest absolute Gasteiger partial charge is 0.496 e. The molecule has 0 spiro atoms. The molecule has 0 radical (unpaired) electrons. The molecule has 0 bridgehead atoms. The number of hydrogen-bond acceptors (Lipinski definition) is 3. The van der Waals surface area contributed by atoms with Crippen LogP contribution in [0.2, 0.25) is 0 Å². The highest BCUT2D eigenvalue weighted by Gasteiger charge is 2.12. The van der Waals surface area contributed by atoms with Gasteiger partial charge in [0.2, 0.25) is 0 Å². The summed E-state index contributed by atoms with van der Waals surface area (Å²) in [6, 6.07) is 8.05. The van der Waals surface area contributed by atoms with Crippen molar-refractivity contribution < 1.29 is 4.74 Å². The van der Waals surface area contributed by atoms with E-state index in [-0.39, 0.29) is 0 Å². The average Bonchev–Trinajstić information content (AvgIpc) is 2.75. The zero-order valence-electron chi connectivity index (χ0n) is 12.1. The van der Waals surface area contributed by atoms with E-state index in [9.17, 15) is 0 Å². The number of nitrogens with one attached hydrogen (secondary N) is 1. The third-order valence-corrected chi connectivity index (χ3v) is 4.22. The van der Waals surface area contributed by atoms with Crippen molar-refractivity contribution in [2.24, 2.45) is 7.05 Å². The molecule has 0 saturated carbocycles. The van der Waals surface area contributed by atoms with Crippen molar-refractivity contribution in [2.45, 2.75) is 26.4 Å². The Hall–Kier alpha value is -1.33. The number of hydrogen-bond donors (Lipinski definition) is 1. The van der Waals surface area contributed by atoms with E-state index in [1.807, 2.05) is 29.9 Å². The first kappa shape index (κ1) is 15.1. The Bertz CT molecular complexity index is 580. The van der Waals surface area contributed by atoms with Crippen LogP contribution in [0.5, 0.6) is 5.75 Å². The molecule has 0 aliphatic heterocycles. The Morgan fingerprint density at radius 3 is 2.70 bits per heavy atom. The maximum Gasteiger partial charge on any atom is 0.123 e. The minimum Gasteiger partial charge on any atom is -0.496 e. The molecule has 0 atom stereocenters. The van der Waals surface area contributed by atoms with Gasteiger partial charge < -0.3 is 10.1 Å². The Morgan fingerprint density at radius 1 is 1.30 bits per heavy atom. The second kappa shape index (κ2) is 6.90. The Morgan fingerprint density at radius 2 is 2.05 bits per heavy atom. The van der Waals surface area contributed by atoms with Crippen LogP contribution in [0.4, 0.5) is 0 Å². The van der Waals surface area contributed by atoms with Crippen molar-refractivity contribution in [1.82, 2.24) is 15.1 Å². The molecule has 1 heterocycles. The zero-order valence-corrected chi connectivity index (χ0v) is 13.7. The van der Waals surface area contributed by atoms with Crippen LogP contribution in [0.15, 0.2) is 28.7 Å². The predicted octanol–water partition coefficient (Wildman–Crippen LogP) is 3.04. The fourth-order valence-electron chi connectivity index (χ4n) is 2.18. The molecule has 0 saturated heterocycles. The van der Waals surface area contributed by atoms with Crippen molar-refractivity contribution in [3.05, 3.63) is 45.7 Å². The monoisotopic (exact) mass is 337 g/mol. The number of aromatic nitrogens is 2. The average molecular weight is 338 g/mol. The molecule has 108 valence electrons. The highest BCUT2D eigenvalue weighted by molar-refractivity contribution is 9.10. The van der Waals surface area contributed by atoms with E-state index in [1.54, 1.807) is 7.11 Å². The molecule has 0 amide bonds. The van der Waals surface area contributed by atoms with Gasteiger partial charge in [0.1, 0.15) is 5.75 Å². The lowest BCUT2D eigenvalue weighted by Crippen LogP contribution is -2.16. The molecule has 0 unspecified atom stereocenters. The molecule has 4 nitrogen and oxygen atoms in total. The first-order valence-electron chi connectivity index (χ1n) is 6.70. The van der Waals surface area contributed by atoms with Gasteiger partial charge in [0, 0.05) is 25.7 Å². The van der Waals surface area contributed by atoms with E-state index in [0.717, 1.165) is 46.7 Å². The van der Waals surface area contributed by atoms with E-state index in [2.05, 4.69) is 39.3 Å². The van der Waals surface area contributed by atoms with Gasteiger partial charge in [-0.15, -0.1) is 0 Å². The molecule has 0 fully saturated rings. The van der Waals surface area contributed by atoms with E-state index in [1.165, 1.54) is 0 Å². The third-order valence-electron chi connectivity index (χ3n) is 3.30. The van der Waals surface area contributed by atoms with Crippen LogP contribution < -0.4 is 10.1 Å². The topological polar surface area (TPSA) is 39.1 Å². The SMILES string of the molecule is CCc1nn(C)c(CNCc2ccccc2OC)c1Br. The maximum atomic E-state index is 5.35. The lowest BCUT2D eigenvalue weighted by Gasteiger charge is -2.10. The molecule has 20 heavy (non-hydrogen) atoms. The zero-order chi connectivity index (χ0) is 14.5. The summed E-state index contributed by atoms with van der Waals surface area (Å²) in [5.41, 5.74) is 3.42. The number of halogens is 1. The van der Waals surface area contributed by atoms with Crippen molar-refractivity contribution >= 4 is 15.9 Å². The number of nitrogens with zero attached hydrogens (tertiary/aromatic N) is 2. The molecule has 5 heteroatoms. The minimum absolute atomic E-state index is 0.766. The molecule has 0 aliphatic rings.